The number of nitrogens with one attached hydrogen (secondary N) is 1. The summed E-state index contributed by atoms with van der Waals surface area (Å²) >= 11 is 0. The molecule has 0 radical (unpaired) electrons. The number of aliphatic hydroxyl groups is 5. The van der Waals surface area contributed by atoms with E-state index < -0.39 is 42.5 Å². The van der Waals surface area contributed by atoms with Crippen LogP contribution >= 0.6 is 0 Å². The molecule has 1 aliphatic carbocycles. The fourth-order valence-corrected chi connectivity index (χ4v) is 8.49. The lowest BCUT2D eigenvalue weighted by Gasteiger charge is -2.38. The van der Waals surface area contributed by atoms with Crippen LogP contribution in [0, 0.1) is 17.3 Å². The van der Waals surface area contributed by atoms with Crippen molar-refractivity contribution in [2.75, 3.05) is 6.61 Å². The average Bonchev–Trinajstić information content (AvgIpc) is 3.61. The van der Waals surface area contributed by atoms with Crippen LogP contribution in [0.3, 0.4) is 0 Å². The zero-order chi connectivity index (χ0) is 39.8. The monoisotopic (exact) mass is 759 g/mol. The van der Waals surface area contributed by atoms with Crippen LogP contribution in [0.15, 0.2) is 71.8 Å². The lowest BCUT2D eigenvalue weighted by molar-refractivity contribution is -0.139. The Morgan fingerprint density at radius 2 is 1.76 bits per heavy atom. The van der Waals surface area contributed by atoms with Gasteiger partial charge in [0.05, 0.1) is 36.9 Å². The molecule has 0 amide bonds. The molecule has 2 aliphatic rings. The molecule has 1 saturated carbocycles. The summed E-state index contributed by atoms with van der Waals surface area (Å²) in [6.07, 6.45) is 11.5. The standard InChI is InChI=1S/C46H65NO8/c1-3-4-16-41(51)42(52)25-22-36-21-20-35-13-6-5-12-34(35)14-11-17-43(45(2,55)30-33-18-23-37(49)24-19-33)47-40(39(36)29-38(50)32-48)15-7-8-26-46(31-44(53)54)27-9-10-28-46/h5-6,12-13,18-19,22-25,38,40-43,47-52,55H,3-4,7-10,15-17,20-21,26-32H2,1-2H3,(H,53,54)/t38-,40-,41-,42+,43+,45-/m0/s1. The Bertz CT molecular complexity index is 1610. The van der Waals surface area contributed by atoms with Gasteiger partial charge < -0.3 is 41.1 Å². The molecule has 302 valence electrons. The molecule has 1 heterocycles. The molecule has 0 spiro atoms. The van der Waals surface area contributed by atoms with Gasteiger partial charge in [-0.1, -0.05) is 99.8 Å². The Morgan fingerprint density at radius 1 is 1.04 bits per heavy atom. The van der Waals surface area contributed by atoms with Crippen LogP contribution in [-0.2, 0) is 17.6 Å². The second-order valence-corrected chi connectivity index (χ2v) is 16.3. The number of phenols is 1. The summed E-state index contributed by atoms with van der Waals surface area (Å²) in [5.41, 5.74) is 2.99. The first-order valence-corrected chi connectivity index (χ1v) is 20.4. The van der Waals surface area contributed by atoms with Crippen LogP contribution in [-0.4, -0.2) is 84.3 Å². The number of rotatable bonds is 19. The van der Waals surface area contributed by atoms with Gasteiger partial charge in [-0.2, -0.15) is 0 Å². The minimum atomic E-state index is -1.31. The number of carbonyl (C=O) groups is 1. The molecule has 0 aromatic heterocycles. The van der Waals surface area contributed by atoms with E-state index >= 15 is 0 Å². The smallest absolute Gasteiger partial charge is 0.303 e. The van der Waals surface area contributed by atoms with Gasteiger partial charge in [0.1, 0.15) is 5.75 Å². The molecule has 2 aromatic carbocycles. The first-order valence-electron chi connectivity index (χ1n) is 20.4. The Kier molecular flexibility index (Phi) is 17.5. The Balaban J connectivity index is 1.80. The van der Waals surface area contributed by atoms with E-state index in [1.54, 1.807) is 37.3 Å². The Labute approximate surface area is 328 Å². The van der Waals surface area contributed by atoms with Gasteiger partial charge >= 0.3 is 5.97 Å². The third kappa shape index (κ3) is 13.9. The summed E-state index contributed by atoms with van der Waals surface area (Å²) in [6, 6.07) is 13.8. The third-order valence-corrected chi connectivity index (χ3v) is 11.7. The largest absolute Gasteiger partial charge is 0.508 e. The Morgan fingerprint density at radius 3 is 2.45 bits per heavy atom. The maximum atomic E-state index is 12.3. The van der Waals surface area contributed by atoms with Gasteiger partial charge in [0, 0.05) is 30.5 Å². The minimum Gasteiger partial charge on any atom is -0.508 e. The highest BCUT2D eigenvalue weighted by molar-refractivity contribution is 5.67. The summed E-state index contributed by atoms with van der Waals surface area (Å²) < 4.78 is 0. The Hall–Kier alpha value is -3.49. The summed E-state index contributed by atoms with van der Waals surface area (Å²) in [5, 5.41) is 78.7. The number of hydrogen-bond acceptors (Lipinski definition) is 8. The van der Waals surface area contributed by atoms with Crippen LogP contribution in [0.25, 0.3) is 0 Å². The van der Waals surface area contributed by atoms with Crippen molar-refractivity contribution in [2.45, 2.75) is 159 Å². The molecular weight excluding hydrogens is 695 g/mol. The number of fused-ring (bicyclic) bond motifs is 1. The maximum absolute atomic E-state index is 12.3. The minimum absolute atomic E-state index is 0.140. The third-order valence-electron chi connectivity index (χ3n) is 11.7. The number of aliphatic carboxylic acids is 1. The number of carboxylic acids is 1. The zero-order valence-corrected chi connectivity index (χ0v) is 32.9. The number of aliphatic hydroxyl groups excluding tert-OH is 4. The highest BCUT2D eigenvalue weighted by atomic mass is 16.4. The van der Waals surface area contributed by atoms with Crippen LogP contribution in [0.2, 0.25) is 0 Å². The van der Waals surface area contributed by atoms with Crippen molar-refractivity contribution in [3.05, 3.63) is 88.5 Å². The second kappa shape index (κ2) is 21.7. The molecule has 0 unspecified atom stereocenters. The second-order valence-electron chi connectivity index (χ2n) is 16.3. The lowest BCUT2D eigenvalue weighted by atomic mass is 9.77. The molecule has 55 heavy (non-hydrogen) atoms. The quantitative estimate of drug-likeness (QED) is 0.0588. The van der Waals surface area contributed by atoms with Crippen molar-refractivity contribution in [3.8, 4) is 17.6 Å². The van der Waals surface area contributed by atoms with Gasteiger partial charge in [-0.15, -0.1) is 0 Å². The average molecular weight is 760 g/mol. The van der Waals surface area contributed by atoms with Crippen molar-refractivity contribution >= 4 is 5.97 Å². The number of benzene rings is 2. The van der Waals surface area contributed by atoms with Gasteiger partial charge in [0.15, 0.2) is 0 Å². The van der Waals surface area contributed by atoms with Gasteiger partial charge in [0.2, 0.25) is 0 Å². The van der Waals surface area contributed by atoms with Crippen molar-refractivity contribution in [1.29, 1.82) is 0 Å². The summed E-state index contributed by atoms with van der Waals surface area (Å²) in [7, 11) is 0. The van der Waals surface area contributed by atoms with Crippen LogP contribution in [0.1, 0.15) is 127 Å². The fourth-order valence-electron chi connectivity index (χ4n) is 8.49. The zero-order valence-electron chi connectivity index (χ0n) is 32.9. The molecular formula is C46H65NO8. The SMILES string of the molecule is CCCC[C@H](O)[C@H](O)C=CC1=C(C[C@H](O)CO)[C@H](CCCCC2(CC(=O)O)CCCC2)N[C@@H]([C@@](C)(O)Cc2ccc(O)cc2)CC#Cc2ccccc2CC1. The predicted molar refractivity (Wildman–Crippen MR) is 216 cm³/mol. The van der Waals surface area contributed by atoms with Crippen molar-refractivity contribution in [1.82, 2.24) is 5.32 Å². The normalized spacial score (nSPS) is 21.7. The van der Waals surface area contributed by atoms with E-state index in [0.29, 0.717) is 32.1 Å². The van der Waals surface area contributed by atoms with Gasteiger partial charge in [-0.05, 0) is 104 Å². The number of aryl methyl sites for hydroxylation is 1. The van der Waals surface area contributed by atoms with E-state index in [1.807, 2.05) is 37.3 Å². The first-order chi connectivity index (χ1) is 26.3. The lowest BCUT2D eigenvalue weighted by Crippen LogP contribution is -2.54. The number of aromatic hydroxyl groups is 1. The molecule has 9 nitrogen and oxygen atoms in total. The first kappa shape index (κ1) is 44.2. The molecule has 1 aliphatic heterocycles. The van der Waals surface area contributed by atoms with Crippen molar-refractivity contribution in [3.63, 3.8) is 0 Å². The molecule has 4 rings (SSSR count). The van der Waals surface area contributed by atoms with Gasteiger partial charge in [-0.25, -0.2) is 0 Å². The number of carboxylic acid groups (broad SMARTS) is 1. The highest BCUT2D eigenvalue weighted by Crippen LogP contribution is 2.45. The maximum Gasteiger partial charge on any atom is 0.303 e. The number of phenolic OH excluding ortho intramolecular Hbond substituents is 1. The van der Waals surface area contributed by atoms with Crippen LogP contribution in [0.5, 0.6) is 5.75 Å². The van der Waals surface area contributed by atoms with Gasteiger partial charge in [0.25, 0.3) is 0 Å². The fraction of sp³-hybridized carbons (Fsp3) is 0.587. The number of unbranched alkanes of at least 4 members (excludes halogenated alkanes) is 2. The highest BCUT2D eigenvalue weighted by Gasteiger charge is 2.37. The molecule has 2 aromatic rings. The molecule has 9 heteroatoms. The number of allylic oxidation sites excluding steroid dienone is 2. The van der Waals surface area contributed by atoms with Gasteiger partial charge in [-0.3, -0.25) is 4.79 Å². The van der Waals surface area contributed by atoms with E-state index in [1.165, 1.54) is 0 Å². The molecule has 6 atom stereocenters. The topological polar surface area (TPSA) is 171 Å². The molecule has 0 saturated heterocycles. The summed E-state index contributed by atoms with van der Waals surface area (Å²) in [6.45, 7) is 3.38. The molecule has 0 bridgehead atoms. The van der Waals surface area contributed by atoms with E-state index in [0.717, 1.165) is 85.6 Å². The number of hydrogen-bond donors (Lipinski definition) is 8. The van der Waals surface area contributed by atoms with E-state index in [9.17, 15) is 40.5 Å². The van der Waals surface area contributed by atoms with Crippen molar-refractivity contribution < 1.29 is 40.5 Å². The van der Waals surface area contributed by atoms with E-state index in [4.69, 9.17) is 0 Å². The summed E-state index contributed by atoms with van der Waals surface area (Å²) in [5.74, 6) is 6.10. The van der Waals surface area contributed by atoms with E-state index in [2.05, 4.69) is 17.2 Å². The molecule has 1 fully saturated rings. The molecule has 8 N–H and O–H groups in total. The van der Waals surface area contributed by atoms with Crippen molar-refractivity contribution in [2.24, 2.45) is 5.41 Å². The predicted octanol–water partition coefficient (Wildman–Crippen LogP) is 6.50. The van der Waals surface area contributed by atoms with Crippen LogP contribution in [0.4, 0.5) is 0 Å². The van der Waals surface area contributed by atoms with Crippen LogP contribution < -0.4 is 5.32 Å². The van der Waals surface area contributed by atoms with E-state index in [-0.39, 0.29) is 36.5 Å². The summed E-state index contributed by atoms with van der Waals surface area (Å²) in [4.78, 5) is 11.8.